The molecule has 3 nitrogen and oxygen atoms in total. The lowest BCUT2D eigenvalue weighted by Crippen LogP contribution is -2.47. The molecule has 1 amide bonds. The van der Waals surface area contributed by atoms with Gasteiger partial charge < -0.3 is 11.1 Å². The molecule has 0 aromatic rings. The Morgan fingerprint density at radius 1 is 1.43 bits per heavy atom. The molecule has 0 aliphatic heterocycles. The van der Waals surface area contributed by atoms with Crippen LogP contribution in [-0.4, -0.2) is 30.0 Å². The van der Waals surface area contributed by atoms with E-state index in [-0.39, 0.29) is 18.0 Å². The average Bonchev–Trinajstić information content (AvgIpc) is 2.33. The second-order valence-corrected chi connectivity index (χ2v) is 4.77. The lowest BCUT2D eigenvalue weighted by Gasteiger charge is -2.22. The van der Waals surface area contributed by atoms with Crippen molar-refractivity contribution in [3.63, 3.8) is 0 Å². The first kappa shape index (κ1) is 11.9. The summed E-state index contributed by atoms with van der Waals surface area (Å²) in [6.45, 7) is 0. The SMILES string of the molecule is CSCC(=O)N[C@@H]1CCCCC[C@H]1N. The number of carbonyl (C=O) groups is 1. The minimum Gasteiger partial charge on any atom is -0.351 e. The molecule has 2 atom stereocenters. The van der Waals surface area contributed by atoms with E-state index in [2.05, 4.69) is 5.32 Å². The molecule has 0 aromatic carbocycles. The van der Waals surface area contributed by atoms with Crippen molar-refractivity contribution < 1.29 is 4.79 Å². The van der Waals surface area contributed by atoms with Gasteiger partial charge in [0.1, 0.15) is 0 Å². The molecule has 0 bridgehead atoms. The Bertz CT molecular complexity index is 187. The fourth-order valence-electron chi connectivity index (χ4n) is 1.90. The Kier molecular flexibility index (Phi) is 5.33. The van der Waals surface area contributed by atoms with E-state index in [9.17, 15) is 4.79 Å². The third-order valence-corrected chi connectivity index (χ3v) is 3.24. The highest BCUT2D eigenvalue weighted by Gasteiger charge is 2.21. The van der Waals surface area contributed by atoms with Crippen LogP contribution in [0.3, 0.4) is 0 Å². The van der Waals surface area contributed by atoms with Gasteiger partial charge in [-0.25, -0.2) is 0 Å². The molecule has 4 heteroatoms. The first-order valence-electron chi connectivity index (χ1n) is 5.28. The zero-order chi connectivity index (χ0) is 10.4. The van der Waals surface area contributed by atoms with Crippen LogP contribution in [0.4, 0.5) is 0 Å². The molecule has 82 valence electrons. The molecular weight excluding hydrogens is 196 g/mol. The maximum absolute atomic E-state index is 11.4. The molecule has 1 saturated carbocycles. The maximum Gasteiger partial charge on any atom is 0.230 e. The molecule has 0 heterocycles. The predicted octanol–water partition coefficient (Wildman–Crippen LogP) is 1.13. The van der Waals surface area contributed by atoms with Crippen molar-refractivity contribution in [2.75, 3.05) is 12.0 Å². The summed E-state index contributed by atoms with van der Waals surface area (Å²) in [6.07, 6.45) is 7.68. The molecule has 1 aliphatic carbocycles. The van der Waals surface area contributed by atoms with E-state index in [1.807, 2.05) is 6.26 Å². The fourth-order valence-corrected chi connectivity index (χ4v) is 2.24. The van der Waals surface area contributed by atoms with E-state index in [4.69, 9.17) is 5.73 Å². The second kappa shape index (κ2) is 6.30. The lowest BCUT2D eigenvalue weighted by molar-refractivity contribution is -0.119. The molecule has 3 N–H and O–H groups in total. The van der Waals surface area contributed by atoms with Crippen LogP contribution in [0.1, 0.15) is 32.1 Å². The summed E-state index contributed by atoms with van der Waals surface area (Å²) >= 11 is 1.55. The minimum absolute atomic E-state index is 0.125. The third-order valence-electron chi connectivity index (χ3n) is 2.69. The van der Waals surface area contributed by atoms with E-state index in [1.165, 1.54) is 19.3 Å². The van der Waals surface area contributed by atoms with Gasteiger partial charge in [0.05, 0.1) is 5.75 Å². The summed E-state index contributed by atoms with van der Waals surface area (Å²) in [4.78, 5) is 11.4. The van der Waals surface area contributed by atoms with Crippen LogP contribution in [0.2, 0.25) is 0 Å². The highest BCUT2D eigenvalue weighted by Crippen LogP contribution is 2.16. The van der Waals surface area contributed by atoms with Crippen LogP contribution in [0.5, 0.6) is 0 Å². The van der Waals surface area contributed by atoms with Crippen LogP contribution in [0, 0.1) is 0 Å². The van der Waals surface area contributed by atoms with Crippen molar-refractivity contribution >= 4 is 17.7 Å². The van der Waals surface area contributed by atoms with Gasteiger partial charge >= 0.3 is 0 Å². The van der Waals surface area contributed by atoms with Gasteiger partial charge in [0.15, 0.2) is 0 Å². The number of amides is 1. The molecule has 0 unspecified atom stereocenters. The Hall–Kier alpha value is -0.220. The van der Waals surface area contributed by atoms with Crippen molar-refractivity contribution in [3.8, 4) is 0 Å². The van der Waals surface area contributed by atoms with Crippen molar-refractivity contribution in [1.82, 2.24) is 5.32 Å². The first-order chi connectivity index (χ1) is 6.74. The van der Waals surface area contributed by atoms with Crippen LogP contribution in [0.25, 0.3) is 0 Å². The highest BCUT2D eigenvalue weighted by atomic mass is 32.2. The number of nitrogens with two attached hydrogens (primary N) is 1. The second-order valence-electron chi connectivity index (χ2n) is 3.91. The fraction of sp³-hybridized carbons (Fsp3) is 0.900. The molecular formula is C10H20N2OS. The van der Waals surface area contributed by atoms with E-state index in [0.717, 1.165) is 12.8 Å². The Labute approximate surface area is 90.2 Å². The van der Waals surface area contributed by atoms with Gasteiger partial charge in [-0.05, 0) is 19.1 Å². The minimum atomic E-state index is 0.125. The summed E-state index contributed by atoms with van der Waals surface area (Å²) in [5.74, 6) is 0.670. The third kappa shape index (κ3) is 3.88. The quantitative estimate of drug-likeness (QED) is 0.695. The predicted molar refractivity (Wildman–Crippen MR) is 61.4 cm³/mol. The molecule has 0 radical (unpaired) electrons. The van der Waals surface area contributed by atoms with Crippen molar-refractivity contribution in [2.45, 2.75) is 44.2 Å². The van der Waals surface area contributed by atoms with Crippen LogP contribution in [-0.2, 0) is 4.79 Å². The zero-order valence-corrected chi connectivity index (χ0v) is 9.61. The highest BCUT2D eigenvalue weighted by molar-refractivity contribution is 7.99. The van der Waals surface area contributed by atoms with Crippen molar-refractivity contribution in [1.29, 1.82) is 0 Å². The van der Waals surface area contributed by atoms with E-state index in [0.29, 0.717) is 5.75 Å². The van der Waals surface area contributed by atoms with Gasteiger partial charge in [-0.2, -0.15) is 11.8 Å². The standard InChI is InChI=1S/C10H20N2OS/c1-14-7-10(13)12-9-6-4-2-3-5-8(9)11/h8-9H,2-7,11H2,1H3,(H,12,13)/t8-,9-/m1/s1. The van der Waals surface area contributed by atoms with Crippen molar-refractivity contribution in [3.05, 3.63) is 0 Å². The summed E-state index contributed by atoms with van der Waals surface area (Å²) in [7, 11) is 0. The number of hydrogen-bond acceptors (Lipinski definition) is 3. The molecule has 0 aromatic heterocycles. The molecule has 1 fully saturated rings. The van der Waals surface area contributed by atoms with E-state index >= 15 is 0 Å². The monoisotopic (exact) mass is 216 g/mol. The van der Waals surface area contributed by atoms with Crippen LogP contribution in [0.15, 0.2) is 0 Å². The first-order valence-corrected chi connectivity index (χ1v) is 6.67. The summed E-state index contributed by atoms with van der Waals surface area (Å²) in [5.41, 5.74) is 6.00. The van der Waals surface area contributed by atoms with E-state index < -0.39 is 0 Å². The van der Waals surface area contributed by atoms with Crippen LogP contribution < -0.4 is 11.1 Å². The number of carbonyl (C=O) groups excluding carboxylic acids is 1. The van der Waals surface area contributed by atoms with Gasteiger partial charge in [-0.3, -0.25) is 4.79 Å². The molecule has 1 rings (SSSR count). The Balaban J connectivity index is 2.36. The molecule has 0 saturated heterocycles. The number of thioether (sulfide) groups is 1. The molecule has 0 spiro atoms. The smallest absolute Gasteiger partial charge is 0.230 e. The topological polar surface area (TPSA) is 55.1 Å². The number of nitrogens with one attached hydrogen (secondary N) is 1. The van der Waals surface area contributed by atoms with E-state index in [1.54, 1.807) is 11.8 Å². The molecule has 1 aliphatic rings. The zero-order valence-electron chi connectivity index (χ0n) is 8.79. The largest absolute Gasteiger partial charge is 0.351 e. The van der Waals surface area contributed by atoms with Crippen molar-refractivity contribution in [2.24, 2.45) is 5.73 Å². The number of rotatable bonds is 3. The van der Waals surface area contributed by atoms with Gasteiger partial charge in [-0.15, -0.1) is 0 Å². The Morgan fingerprint density at radius 2 is 2.14 bits per heavy atom. The average molecular weight is 216 g/mol. The van der Waals surface area contributed by atoms with Crippen LogP contribution >= 0.6 is 11.8 Å². The lowest BCUT2D eigenvalue weighted by atomic mass is 10.0. The van der Waals surface area contributed by atoms with Gasteiger partial charge in [0, 0.05) is 12.1 Å². The summed E-state index contributed by atoms with van der Waals surface area (Å²) in [6, 6.07) is 0.362. The van der Waals surface area contributed by atoms with Gasteiger partial charge in [0.25, 0.3) is 0 Å². The van der Waals surface area contributed by atoms with Gasteiger partial charge in [0.2, 0.25) is 5.91 Å². The Morgan fingerprint density at radius 3 is 2.86 bits per heavy atom. The summed E-state index contributed by atoms with van der Waals surface area (Å²) < 4.78 is 0. The molecule has 14 heavy (non-hydrogen) atoms. The van der Waals surface area contributed by atoms with Gasteiger partial charge in [-0.1, -0.05) is 19.3 Å². The summed E-state index contributed by atoms with van der Waals surface area (Å²) in [5, 5.41) is 3.02. The normalized spacial score (nSPS) is 28.1. The maximum atomic E-state index is 11.4. The number of hydrogen-bond donors (Lipinski definition) is 2.